The zero-order chi connectivity index (χ0) is 55.4. The predicted molar refractivity (Wildman–Crippen MR) is 294 cm³/mol. The fraction of sp³-hybridized carbons (Fsp3) is 0.0500. The monoisotopic (exact) mass is 1100 g/mol. The molecule has 0 aromatic heterocycles. The van der Waals surface area contributed by atoms with Crippen LogP contribution in [0.4, 0.5) is 0 Å². The third kappa shape index (κ3) is 15.7. The second-order valence-electron chi connectivity index (χ2n) is 15.9. The van der Waals surface area contributed by atoms with Crippen molar-refractivity contribution in [3.8, 4) is 51.7 Å². The van der Waals surface area contributed by atoms with Crippen molar-refractivity contribution < 1.29 is 66.6 Å². The average molecular weight is 1100 g/mol. The molecule has 0 radical (unpaired) electrons. The normalized spacial score (nSPS) is 11.1. The third-order valence-corrected chi connectivity index (χ3v) is 14.9. The molecule has 18 heteroatoms. The number of nitrogens with one attached hydrogen (secondary N) is 1. The molecule has 0 aliphatic rings. The van der Waals surface area contributed by atoms with Gasteiger partial charge in [-0.15, -0.1) is 0 Å². The molecular weight excluding hydrogens is 1050 g/mol. The van der Waals surface area contributed by atoms with E-state index in [1.807, 2.05) is 54.6 Å². The minimum atomic E-state index is -1.59. The molecule has 4 N–H and O–H groups in total. The van der Waals surface area contributed by atoms with Crippen molar-refractivity contribution in [2.45, 2.75) is 29.4 Å². The van der Waals surface area contributed by atoms with Gasteiger partial charge in [-0.25, -0.2) is 23.5 Å². The van der Waals surface area contributed by atoms with Gasteiger partial charge in [-0.3, -0.25) is 10.0 Å². The van der Waals surface area contributed by atoms with Gasteiger partial charge in [-0.2, -0.15) is 0 Å². The molecule has 0 bridgehead atoms. The van der Waals surface area contributed by atoms with Gasteiger partial charge in [0.05, 0.1) is 69.4 Å². The molecule has 0 spiro atoms. The van der Waals surface area contributed by atoms with E-state index in [0.717, 1.165) is 27.9 Å². The molecule has 0 saturated heterocycles. The van der Waals surface area contributed by atoms with Crippen LogP contribution in [0, 0.1) is 0 Å². The van der Waals surface area contributed by atoms with Gasteiger partial charge in [-0.1, -0.05) is 48.2 Å². The van der Waals surface area contributed by atoms with Crippen LogP contribution in [0.25, 0.3) is 0 Å². The summed E-state index contributed by atoms with van der Waals surface area (Å²) < 4.78 is 58.1. The van der Waals surface area contributed by atoms with Crippen LogP contribution in [0.15, 0.2) is 248 Å². The van der Waals surface area contributed by atoms with Gasteiger partial charge in [-0.05, 0) is 182 Å². The van der Waals surface area contributed by atoms with E-state index in [-0.39, 0.29) is 16.0 Å². The fourth-order valence-electron chi connectivity index (χ4n) is 6.97. The van der Waals surface area contributed by atoms with Crippen LogP contribution in [0.3, 0.4) is 0 Å². The Bertz CT molecular complexity index is 3490. The van der Waals surface area contributed by atoms with Crippen molar-refractivity contribution in [1.29, 1.82) is 0 Å². The number of carbonyl (C=O) groups excluding carboxylic acids is 1. The summed E-state index contributed by atoms with van der Waals surface area (Å²) >= 11 is 1.41. The van der Waals surface area contributed by atoms with Gasteiger partial charge in [0.1, 0.15) is 51.7 Å². The Morgan fingerprint density at radius 3 is 1.04 bits per heavy atom. The molecule has 0 heterocycles. The van der Waals surface area contributed by atoms with Crippen LogP contribution >= 0.6 is 11.8 Å². The maximum atomic E-state index is 12.8. The van der Waals surface area contributed by atoms with Gasteiger partial charge >= 0.3 is 11.9 Å². The van der Waals surface area contributed by atoms with E-state index in [2.05, 4.69) is 0 Å². The molecule has 2 atom stereocenters. The zero-order valence-corrected chi connectivity index (χ0v) is 44.3. The van der Waals surface area contributed by atoms with E-state index in [4.69, 9.17) is 33.6 Å². The molecule has 0 saturated carbocycles. The molecule has 0 fully saturated rings. The molecule has 396 valence electrons. The van der Waals surface area contributed by atoms with Crippen LogP contribution in [-0.2, 0) is 21.6 Å². The first-order valence-corrected chi connectivity index (χ1v) is 26.4. The van der Waals surface area contributed by atoms with E-state index in [9.17, 15) is 33.0 Å². The number of hydrogen-bond acceptors (Lipinski definition) is 13. The summed E-state index contributed by atoms with van der Waals surface area (Å²) in [6, 6.07) is 62.3. The highest BCUT2D eigenvalue weighted by molar-refractivity contribution is 7.99. The Hall–Kier alpha value is -9.20. The summed E-state index contributed by atoms with van der Waals surface area (Å²) in [6.45, 7) is 0. The van der Waals surface area contributed by atoms with E-state index in [1.165, 1.54) is 23.9 Å². The van der Waals surface area contributed by atoms with Gasteiger partial charge in [0.25, 0.3) is 5.91 Å². The summed E-state index contributed by atoms with van der Waals surface area (Å²) in [7, 11) is 1.63. The molecule has 9 rings (SSSR count). The molecule has 78 heavy (non-hydrogen) atoms. The standard InChI is InChI=1S/C20H17NO5S.C20H16O5S.C20H16O4S/c1-25-14-6-8-15(9-7-14)26-16-10-12-17(13-11-16)27(24)19-5-3-2-4-18(19)20(22)21-23;1-24-14-6-8-15(9-7-14)25-16-10-12-17(13-11-16)26(23)19-5-3-2-4-18(19)20(21)22;1-23-14-6-8-15(9-7-14)24-16-10-12-17(13-11-16)25-19-5-3-2-4-18(19)20(21)22/h2-13,23H,1H3,(H,21,22);2-13H,1H3,(H,21,22);2-13H,1H3,(H,21,22). The lowest BCUT2D eigenvalue weighted by Crippen LogP contribution is -2.20. The lowest BCUT2D eigenvalue weighted by Gasteiger charge is -2.09. The number of carbonyl (C=O) groups is 3. The number of amides is 1. The van der Waals surface area contributed by atoms with Crippen LogP contribution in [0.1, 0.15) is 31.1 Å². The minimum absolute atomic E-state index is 0.0318. The highest BCUT2D eigenvalue weighted by Crippen LogP contribution is 2.34. The minimum Gasteiger partial charge on any atom is -0.497 e. The average Bonchev–Trinajstić information content (AvgIpc) is 3.49. The SMILES string of the molecule is COc1ccc(Oc2ccc(S(=O)c3ccccc3C(=O)NO)cc2)cc1.COc1ccc(Oc2ccc(S(=O)c3ccccc3C(=O)O)cc2)cc1.COc1ccc(Oc2ccc(Sc3ccccc3C(=O)O)cc2)cc1. The van der Waals surface area contributed by atoms with Crippen LogP contribution < -0.4 is 33.9 Å². The quantitative estimate of drug-likeness (QED) is 0.0465. The lowest BCUT2D eigenvalue weighted by atomic mass is 10.2. The number of benzene rings is 9. The summed E-state index contributed by atoms with van der Waals surface area (Å²) in [5.41, 5.74) is 2.05. The smallest absolute Gasteiger partial charge is 0.336 e. The molecule has 15 nitrogen and oxygen atoms in total. The Morgan fingerprint density at radius 2 is 0.679 bits per heavy atom. The van der Waals surface area contributed by atoms with Crippen LogP contribution in [-0.4, -0.2) is 63.0 Å². The highest BCUT2D eigenvalue weighted by atomic mass is 32.2. The molecule has 9 aromatic carbocycles. The second kappa shape index (κ2) is 28.1. The second-order valence-corrected chi connectivity index (χ2v) is 19.9. The Balaban J connectivity index is 0.000000170. The first-order chi connectivity index (χ1) is 37.8. The lowest BCUT2D eigenvalue weighted by molar-refractivity contribution is 0.0682. The maximum Gasteiger partial charge on any atom is 0.336 e. The van der Waals surface area contributed by atoms with E-state index in [1.54, 1.807) is 178 Å². The van der Waals surface area contributed by atoms with Crippen molar-refractivity contribution in [3.05, 3.63) is 235 Å². The largest absolute Gasteiger partial charge is 0.497 e. The number of hydroxylamine groups is 1. The van der Waals surface area contributed by atoms with Crippen LogP contribution in [0.2, 0.25) is 0 Å². The van der Waals surface area contributed by atoms with Gasteiger partial charge < -0.3 is 38.6 Å². The Labute approximate surface area is 458 Å². The first kappa shape index (κ1) is 56.5. The number of carboxylic acids is 2. The highest BCUT2D eigenvalue weighted by Gasteiger charge is 2.18. The molecule has 0 aliphatic carbocycles. The van der Waals surface area contributed by atoms with Crippen molar-refractivity contribution in [1.82, 2.24) is 5.48 Å². The van der Waals surface area contributed by atoms with Gasteiger partial charge in [0.2, 0.25) is 0 Å². The molecule has 0 aliphatic heterocycles. The fourth-order valence-corrected chi connectivity index (χ4v) is 10.3. The summed E-state index contributed by atoms with van der Waals surface area (Å²) in [5, 5.41) is 27.3. The van der Waals surface area contributed by atoms with Crippen molar-refractivity contribution in [3.63, 3.8) is 0 Å². The van der Waals surface area contributed by atoms with Crippen molar-refractivity contribution in [2.24, 2.45) is 0 Å². The number of hydrogen-bond donors (Lipinski definition) is 4. The van der Waals surface area contributed by atoms with E-state index < -0.39 is 39.4 Å². The number of carboxylic acid groups (broad SMARTS) is 2. The first-order valence-electron chi connectivity index (χ1n) is 23.3. The summed E-state index contributed by atoms with van der Waals surface area (Å²) in [4.78, 5) is 37.6. The number of aromatic carboxylic acids is 2. The van der Waals surface area contributed by atoms with Gasteiger partial charge in [0.15, 0.2) is 0 Å². The Morgan fingerprint density at radius 1 is 0.385 bits per heavy atom. The molecule has 9 aromatic rings. The van der Waals surface area contributed by atoms with Gasteiger partial charge in [0, 0.05) is 19.6 Å². The zero-order valence-electron chi connectivity index (χ0n) is 41.8. The van der Waals surface area contributed by atoms with E-state index >= 15 is 0 Å². The maximum absolute atomic E-state index is 12.8. The third-order valence-electron chi connectivity index (χ3n) is 10.9. The summed E-state index contributed by atoms with van der Waals surface area (Å²) in [5.74, 6) is 3.40. The molecular formula is C60H49NO14S3. The molecule has 1 amide bonds. The topological polar surface area (TPSA) is 213 Å². The summed E-state index contributed by atoms with van der Waals surface area (Å²) in [6.07, 6.45) is 0. The number of rotatable bonds is 18. The number of methoxy groups -OCH3 is 3. The van der Waals surface area contributed by atoms with Crippen molar-refractivity contribution >= 4 is 51.2 Å². The van der Waals surface area contributed by atoms with Crippen LogP contribution in [0.5, 0.6) is 51.7 Å². The molecule has 2 unspecified atom stereocenters. The van der Waals surface area contributed by atoms with Crippen molar-refractivity contribution in [2.75, 3.05) is 21.3 Å². The number of ether oxygens (including phenoxy) is 6. The Kier molecular flexibility index (Phi) is 20.3. The predicted octanol–water partition coefficient (Wildman–Crippen LogP) is 13.5. The van der Waals surface area contributed by atoms with E-state index in [0.29, 0.717) is 53.9 Å².